The van der Waals surface area contributed by atoms with E-state index in [1.165, 1.54) is 12.7 Å². The molecule has 0 bridgehead atoms. The molecule has 0 atom stereocenters. The Kier molecular flexibility index (Phi) is 7.26. The summed E-state index contributed by atoms with van der Waals surface area (Å²) in [5, 5.41) is -0.369. The predicted octanol–water partition coefficient (Wildman–Crippen LogP) is 7.35. The van der Waals surface area contributed by atoms with Gasteiger partial charge < -0.3 is 9.47 Å². The SMILES string of the molecule is COc1ccccc1N1C(=O)S/C(=C\c2cc(Br)c(OCc3ccc(C)cc3)c(Br)c2)C1=O. The van der Waals surface area contributed by atoms with Crippen molar-refractivity contribution in [1.82, 2.24) is 0 Å². The molecule has 168 valence electrons. The van der Waals surface area contributed by atoms with Crippen LogP contribution in [0.15, 0.2) is 74.5 Å². The third-order valence-corrected chi connectivity index (χ3v) is 6.99. The standard InChI is InChI=1S/C25H19Br2NO4S/c1-15-7-9-16(10-8-15)14-32-23-18(26)11-17(12-19(23)27)13-22-24(29)28(25(30)33-22)20-5-3-4-6-21(20)31-2/h3-13H,14H2,1-2H3/b22-13-. The fraction of sp³-hybridized carbons (Fsp3) is 0.120. The molecule has 2 amide bonds. The molecule has 3 aromatic carbocycles. The molecule has 3 aromatic rings. The van der Waals surface area contributed by atoms with E-state index in [-0.39, 0.29) is 11.1 Å². The smallest absolute Gasteiger partial charge is 0.298 e. The van der Waals surface area contributed by atoms with Gasteiger partial charge in [0.15, 0.2) is 0 Å². The minimum absolute atomic E-state index is 0.332. The zero-order chi connectivity index (χ0) is 23.5. The van der Waals surface area contributed by atoms with Gasteiger partial charge in [0.2, 0.25) is 0 Å². The van der Waals surface area contributed by atoms with Crippen molar-refractivity contribution < 1.29 is 19.1 Å². The average Bonchev–Trinajstić information content (AvgIpc) is 3.07. The van der Waals surface area contributed by atoms with E-state index in [0.29, 0.717) is 28.7 Å². The molecule has 8 heteroatoms. The molecule has 4 rings (SSSR count). The van der Waals surface area contributed by atoms with E-state index in [2.05, 4.69) is 31.9 Å². The summed E-state index contributed by atoms with van der Waals surface area (Å²) in [4.78, 5) is 27.1. The van der Waals surface area contributed by atoms with Gasteiger partial charge in [-0.1, -0.05) is 42.0 Å². The van der Waals surface area contributed by atoms with Crippen LogP contribution in [0.4, 0.5) is 10.5 Å². The minimum atomic E-state index is -0.388. The first-order valence-corrected chi connectivity index (χ1v) is 12.4. The van der Waals surface area contributed by atoms with Crippen LogP contribution in [0.5, 0.6) is 11.5 Å². The van der Waals surface area contributed by atoms with Crippen LogP contribution in [0.25, 0.3) is 6.08 Å². The first kappa shape index (κ1) is 23.6. The second-order valence-corrected chi connectivity index (χ2v) is 9.98. The summed E-state index contributed by atoms with van der Waals surface area (Å²) in [5.74, 6) is 0.734. The van der Waals surface area contributed by atoms with Gasteiger partial charge >= 0.3 is 0 Å². The second-order valence-electron chi connectivity index (χ2n) is 7.28. The highest BCUT2D eigenvalue weighted by Gasteiger charge is 2.37. The molecule has 33 heavy (non-hydrogen) atoms. The summed E-state index contributed by atoms with van der Waals surface area (Å²) < 4.78 is 12.8. The van der Waals surface area contributed by atoms with E-state index < -0.39 is 0 Å². The van der Waals surface area contributed by atoms with Crippen LogP contribution in [0.1, 0.15) is 16.7 Å². The van der Waals surface area contributed by atoms with Crippen LogP contribution in [0.3, 0.4) is 0 Å². The third-order valence-electron chi connectivity index (χ3n) is 4.94. The van der Waals surface area contributed by atoms with Gasteiger partial charge in [-0.2, -0.15) is 0 Å². The minimum Gasteiger partial charge on any atom is -0.495 e. The van der Waals surface area contributed by atoms with Gasteiger partial charge in [-0.25, -0.2) is 4.90 Å². The van der Waals surface area contributed by atoms with Gasteiger partial charge in [0.1, 0.15) is 18.1 Å². The highest BCUT2D eigenvalue weighted by Crippen LogP contribution is 2.41. The molecule has 1 fully saturated rings. The molecule has 0 saturated carbocycles. The number of rotatable bonds is 6. The monoisotopic (exact) mass is 587 g/mol. The van der Waals surface area contributed by atoms with Crippen molar-refractivity contribution in [3.8, 4) is 11.5 Å². The number of aryl methyl sites for hydroxylation is 1. The first-order valence-electron chi connectivity index (χ1n) is 9.95. The van der Waals surface area contributed by atoms with Crippen molar-refractivity contribution in [3.05, 3.63) is 91.2 Å². The van der Waals surface area contributed by atoms with Crippen LogP contribution in [-0.2, 0) is 11.4 Å². The summed E-state index contributed by atoms with van der Waals surface area (Å²) >= 11 is 8.01. The number of benzene rings is 3. The maximum Gasteiger partial charge on any atom is 0.298 e. The quantitative estimate of drug-likeness (QED) is 0.282. The van der Waals surface area contributed by atoms with Gasteiger partial charge in [0, 0.05) is 0 Å². The fourth-order valence-corrected chi connectivity index (χ4v) is 5.57. The molecule has 0 N–H and O–H groups in total. The molecular formula is C25H19Br2NO4S. The van der Waals surface area contributed by atoms with Gasteiger partial charge in [0.05, 0.1) is 26.6 Å². The van der Waals surface area contributed by atoms with E-state index in [1.54, 1.807) is 30.3 Å². The van der Waals surface area contributed by atoms with Crippen molar-refractivity contribution in [3.63, 3.8) is 0 Å². The zero-order valence-corrected chi connectivity index (χ0v) is 21.8. The predicted molar refractivity (Wildman–Crippen MR) is 139 cm³/mol. The number of carbonyl (C=O) groups is 2. The van der Waals surface area contributed by atoms with Crippen molar-refractivity contribution >= 4 is 66.5 Å². The number of carbonyl (C=O) groups excluding carboxylic acids is 2. The molecule has 0 unspecified atom stereocenters. The number of hydrogen-bond acceptors (Lipinski definition) is 5. The number of methoxy groups -OCH3 is 1. The summed E-state index contributed by atoms with van der Waals surface area (Å²) in [6.07, 6.45) is 1.69. The van der Waals surface area contributed by atoms with Gasteiger partial charge in [-0.05, 0) is 92.0 Å². The van der Waals surface area contributed by atoms with Crippen LogP contribution in [-0.4, -0.2) is 18.3 Å². The number of hydrogen-bond donors (Lipinski definition) is 0. The average molecular weight is 589 g/mol. The molecule has 0 radical (unpaired) electrons. The lowest BCUT2D eigenvalue weighted by molar-refractivity contribution is -0.113. The number of nitrogens with zero attached hydrogens (tertiary/aromatic N) is 1. The molecule has 0 spiro atoms. The number of amides is 2. The van der Waals surface area contributed by atoms with E-state index in [4.69, 9.17) is 9.47 Å². The Balaban J connectivity index is 1.56. The number of ether oxygens (including phenoxy) is 2. The largest absolute Gasteiger partial charge is 0.495 e. The normalized spacial score (nSPS) is 14.8. The molecule has 0 aliphatic carbocycles. The van der Waals surface area contributed by atoms with Gasteiger partial charge in [-0.15, -0.1) is 0 Å². The van der Waals surface area contributed by atoms with Crippen LogP contribution < -0.4 is 14.4 Å². The van der Waals surface area contributed by atoms with E-state index in [1.807, 2.05) is 43.3 Å². The molecule has 0 aromatic heterocycles. The molecule has 1 aliphatic rings. The van der Waals surface area contributed by atoms with Crippen molar-refractivity contribution in [2.45, 2.75) is 13.5 Å². The lowest BCUT2D eigenvalue weighted by Gasteiger charge is -2.15. The molecule has 1 saturated heterocycles. The number of halogens is 2. The van der Waals surface area contributed by atoms with E-state index >= 15 is 0 Å². The fourth-order valence-electron chi connectivity index (χ4n) is 3.28. The van der Waals surface area contributed by atoms with Crippen molar-refractivity contribution in [2.75, 3.05) is 12.0 Å². The Morgan fingerprint density at radius 2 is 1.67 bits per heavy atom. The third kappa shape index (κ3) is 5.18. The highest BCUT2D eigenvalue weighted by atomic mass is 79.9. The van der Waals surface area contributed by atoms with Crippen molar-refractivity contribution in [1.29, 1.82) is 0 Å². The second kappa shape index (κ2) is 10.2. The molecule has 1 aliphatic heterocycles. The van der Waals surface area contributed by atoms with Crippen LogP contribution >= 0.6 is 43.6 Å². The summed E-state index contributed by atoms with van der Waals surface area (Å²) in [7, 11) is 1.51. The van der Waals surface area contributed by atoms with Crippen LogP contribution in [0, 0.1) is 6.92 Å². The molecular weight excluding hydrogens is 570 g/mol. The number of thioether (sulfide) groups is 1. The first-order chi connectivity index (χ1) is 15.9. The Labute approximate surface area is 213 Å². The summed E-state index contributed by atoms with van der Waals surface area (Å²) in [6.45, 7) is 2.47. The molecule has 5 nitrogen and oxygen atoms in total. The van der Waals surface area contributed by atoms with Crippen LogP contribution in [0.2, 0.25) is 0 Å². The Morgan fingerprint density at radius 1 is 1.00 bits per heavy atom. The Hall–Kier alpha value is -2.55. The Morgan fingerprint density at radius 3 is 2.33 bits per heavy atom. The highest BCUT2D eigenvalue weighted by molar-refractivity contribution is 9.11. The van der Waals surface area contributed by atoms with Crippen molar-refractivity contribution in [2.24, 2.45) is 0 Å². The zero-order valence-electron chi connectivity index (χ0n) is 17.8. The van der Waals surface area contributed by atoms with E-state index in [0.717, 1.165) is 36.7 Å². The van der Waals surface area contributed by atoms with Gasteiger partial charge in [0.25, 0.3) is 11.1 Å². The Bertz CT molecular complexity index is 1230. The number of imide groups is 1. The summed E-state index contributed by atoms with van der Waals surface area (Å²) in [6, 6.07) is 18.8. The lowest BCUT2D eigenvalue weighted by Crippen LogP contribution is -2.28. The topological polar surface area (TPSA) is 55.8 Å². The maximum absolute atomic E-state index is 13.0. The molecule has 1 heterocycles. The van der Waals surface area contributed by atoms with Gasteiger partial charge in [-0.3, -0.25) is 9.59 Å². The lowest BCUT2D eigenvalue weighted by atomic mass is 10.1. The number of anilines is 1. The maximum atomic E-state index is 13.0. The summed E-state index contributed by atoms with van der Waals surface area (Å²) in [5.41, 5.74) is 3.43. The number of para-hydroxylation sites is 2. The van der Waals surface area contributed by atoms with E-state index in [9.17, 15) is 9.59 Å².